The number of rotatable bonds is 3. The van der Waals surface area contributed by atoms with E-state index in [0.717, 1.165) is 47.3 Å². The van der Waals surface area contributed by atoms with Crippen LogP contribution in [0.2, 0.25) is 0 Å². The van der Waals surface area contributed by atoms with Crippen LogP contribution >= 0.6 is 11.3 Å². The first-order valence-corrected chi connectivity index (χ1v) is 8.22. The summed E-state index contributed by atoms with van der Waals surface area (Å²) in [5.74, 6) is 1.57. The highest BCUT2D eigenvalue weighted by atomic mass is 32.1. The smallest absolute Gasteiger partial charge is 0.266 e. The lowest BCUT2D eigenvalue weighted by Gasteiger charge is -2.24. The number of carbonyl (C=O) groups excluding carboxylic acids is 1. The molecule has 6 nitrogen and oxygen atoms in total. The molecule has 2 aromatic heterocycles. The summed E-state index contributed by atoms with van der Waals surface area (Å²) in [6.07, 6.45) is 1.93. The van der Waals surface area contributed by atoms with Gasteiger partial charge in [-0.05, 0) is 26.7 Å². The molecule has 1 aliphatic heterocycles. The fourth-order valence-corrected chi connectivity index (χ4v) is 3.60. The quantitative estimate of drug-likeness (QED) is 0.942. The number of anilines is 1. The molecule has 3 rings (SSSR count). The minimum absolute atomic E-state index is 0.0165. The van der Waals surface area contributed by atoms with Crippen LogP contribution in [0, 0.1) is 13.8 Å². The van der Waals surface area contributed by atoms with Gasteiger partial charge in [0, 0.05) is 19.7 Å². The number of aryl methyl sites for hydroxylation is 2. The number of likely N-dealkylation sites (tertiary alicyclic amines) is 1. The van der Waals surface area contributed by atoms with Crippen molar-refractivity contribution >= 4 is 23.1 Å². The fourth-order valence-electron chi connectivity index (χ4n) is 2.84. The Bertz CT molecular complexity index is 699. The van der Waals surface area contributed by atoms with E-state index in [9.17, 15) is 4.79 Å². The first-order valence-electron chi connectivity index (χ1n) is 7.34. The Labute approximate surface area is 133 Å². The minimum Gasteiger partial charge on any atom is -0.373 e. The summed E-state index contributed by atoms with van der Waals surface area (Å²) in [5, 5.41) is 3.05. The predicted octanol–water partition coefficient (Wildman–Crippen LogP) is 2.57. The molecule has 1 saturated heterocycles. The van der Waals surface area contributed by atoms with E-state index in [1.54, 1.807) is 5.51 Å². The van der Waals surface area contributed by atoms with Crippen LogP contribution in [-0.4, -0.2) is 39.4 Å². The van der Waals surface area contributed by atoms with Crippen LogP contribution < -0.4 is 5.32 Å². The van der Waals surface area contributed by atoms with E-state index in [2.05, 4.69) is 20.3 Å². The molecule has 1 atom stereocenters. The molecule has 0 aromatic carbocycles. The molecule has 1 fully saturated rings. The van der Waals surface area contributed by atoms with Gasteiger partial charge in [0.25, 0.3) is 5.91 Å². The predicted molar refractivity (Wildman–Crippen MR) is 86.2 cm³/mol. The Morgan fingerprint density at radius 1 is 1.41 bits per heavy atom. The third kappa shape index (κ3) is 2.68. The van der Waals surface area contributed by atoms with Crippen molar-refractivity contribution in [3.05, 3.63) is 33.7 Å². The van der Waals surface area contributed by atoms with Crippen LogP contribution in [0.3, 0.4) is 0 Å². The maximum absolute atomic E-state index is 12.8. The van der Waals surface area contributed by atoms with Crippen molar-refractivity contribution in [3.8, 4) is 0 Å². The lowest BCUT2D eigenvalue weighted by Crippen LogP contribution is -2.31. The molecular weight excluding hydrogens is 298 g/mol. The SMILES string of the molecule is CNc1cc(C2CCCN2C(=O)c2scnc2C)nc(C)n1. The van der Waals surface area contributed by atoms with Crippen molar-refractivity contribution in [2.45, 2.75) is 32.7 Å². The fraction of sp³-hybridized carbons (Fsp3) is 0.467. The average Bonchev–Trinajstić information content (AvgIpc) is 3.14. The van der Waals surface area contributed by atoms with E-state index in [4.69, 9.17) is 0 Å². The van der Waals surface area contributed by atoms with Gasteiger partial charge >= 0.3 is 0 Å². The summed E-state index contributed by atoms with van der Waals surface area (Å²) < 4.78 is 0. The standard InChI is InChI=1S/C15H19N5OS/c1-9-14(22-8-17-9)15(21)20-6-4-5-12(20)11-7-13(16-3)19-10(2)18-11/h7-8,12H,4-6H2,1-3H3,(H,16,18,19). The molecule has 1 N–H and O–H groups in total. The Hall–Kier alpha value is -2.02. The second-order valence-corrected chi connectivity index (χ2v) is 6.25. The van der Waals surface area contributed by atoms with Gasteiger partial charge in [0.1, 0.15) is 16.5 Å². The number of aromatic nitrogens is 3. The van der Waals surface area contributed by atoms with E-state index >= 15 is 0 Å². The van der Waals surface area contributed by atoms with Gasteiger partial charge in [-0.1, -0.05) is 0 Å². The largest absolute Gasteiger partial charge is 0.373 e. The molecule has 1 amide bonds. The Morgan fingerprint density at radius 3 is 2.91 bits per heavy atom. The third-order valence-electron chi connectivity index (χ3n) is 3.91. The normalized spacial score (nSPS) is 17.8. The molecule has 0 saturated carbocycles. The summed E-state index contributed by atoms with van der Waals surface area (Å²) in [4.78, 5) is 28.5. The highest BCUT2D eigenvalue weighted by Gasteiger charge is 2.33. The van der Waals surface area contributed by atoms with Gasteiger partial charge in [-0.2, -0.15) is 0 Å². The van der Waals surface area contributed by atoms with E-state index < -0.39 is 0 Å². The zero-order valence-corrected chi connectivity index (χ0v) is 13.8. The van der Waals surface area contributed by atoms with Crippen LogP contribution in [0.4, 0.5) is 5.82 Å². The number of hydrogen-bond acceptors (Lipinski definition) is 6. The number of thiazole rings is 1. The van der Waals surface area contributed by atoms with Gasteiger partial charge in [-0.25, -0.2) is 15.0 Å². The van der Waals surface area contributed by atoms with Crippen molar-refractivity contribution in [1.82, 2.24) is 19.9 Å². The third-order valence-corrected chi connectivity index (χ3v) is 4.83. The van der Waals surface area contributed by atoms with Gasteiger partial charge in [0.05, 0.1) is 22.9 Å². The Balaban J connectivity index is 1.92. The lowest BCUT2D eigenvalue weighted by molar-refractivity contribution is 0.0736. The van der Waals surface area contributed by atoms with Crippen LogP contribution in [0.1, 0.15) is 45.8 Å². The average molecular weight is 317 g/mol. The van der Waals surface area contributed by atoms with E-state index in [0.29, 0.717) is 0 Å². The molecule has 1 unspecified atom stereocenters. The number of hydrogen-bond donors (Lipinski definition) is 1. The first-order chi connectivity index (χ1) is 10.6. The molecule has 116 valence electrons. The van der Waals surface area contributed by atoms with Crippen LogP contribution in [-0.2, 0) is 0 Å². The van der Waals surface area contributed by atoms with Crippen LogP contribution in [0.5, 0.6) is 0 Å². The van der Waals surface area contributed by atoms with Gasteiger partial charge in [-0.3, -0.25) is 4.79 Å². The number of amides is 1. The summed E-state index contributed by atoms with van der Waals surface area (Å²) in [7, 11) is 1.84. The van der Waals surface area contributed by atoms with Crippen molar-refractivity contribution in [2.75, 3.05) is 18.9 Å². The molecule has 0 aliphatic carbocycles. The highest BCUT2D eigenvalue weighted by Crippen LogP contribution is 2.33. The van der Waals surface area contributed by atoms with Crippen molar-refractivity contribution in [3.63, 3.8) is 0 Å². The van der Waals surface area contributed by atoms with Crippen molar-refractivity contribution < 1.29 is 4.79 Å². The van der Waals surface area contributed by atoms with Crippen molar-refractivity contribution in [1.29, 1.82) is 0 Å². The monoisotopic (exact) mass is 317 g/mol. The van der Waals surface area contributed by atoms with E-state index in [1.165, 1.54) is 11.3 Å². The van der Waals surface area contributed by atoms with Crippen molar-refractivity contribution in [2.24, 2.45) is 0 Å². The topological polar surface area (TPSA) is 71.0 Å². The van der Waals surface area contributed by atoms with Gasteiger partial charge in [0.15, 0.2) is 0 Å². The van der Waals surface area contributed by atoms with Crippen LogP contribution in [0.15, 0.2) is 11.6 Å². The molecule has 7 heteroatoms. The van der Waals surface area contributed by atoms with E-state index in [1.807, 2.05) is 31.9 Å². The number of nitrogens with zero attached hydrogens (tertiary/aromatic N) is 4. The summed E-state index contributed by atoms with van der Waals surface area (Å²) in [5.41, 5.74) is 3.43. The van der Waals surface area contributed by atoms with Crippen LogP contribution in [0.25, 0.3) is 0 Å². The molecule has 0 radical (unpaired) electrons. The minimum atomic E-state index is 0.0165. The maximum Gasteiger partial charge on any atom is 0.266 e. The maximum atomic E-state index is 12.8. The molecule has 0 spiro atoms. The summed E-state index contributed by atoms with van der Waals surface area (Å²) >= 11 is 1.41. The summed E-state index contributed by atoms with van der Waals surface area (Å²) in [6, 6.07) is 1.95. The van der Waals surface area contributed by atoms with E-state index in [-0.39, 0.29) is 11.9 Å². The lowest BCUT2D eigenvalue weighted by atomic mass is 10.1. The number of nitrogens with one attached hydrogen (secondary N) is 1. The molecule has 3 heterocycles. The second kappa shape index (κ2) is 6.00. The molecule has 0 bridgehead atoms. The highest BCUT2D eigenvalue weighted by molar-refractivity contribution is 7.11. The number of carbonyl (C=O) groups is 1. The van der Waals surface area contributed by atoms with Gasteiger partial charge in [-0.15, -0.1) is 11.3 Å². The molecule has 2 aromatic rings. The molecular formula is C15H19N5OS. The van der Waals surface area contributed by atoms with Gasteiger partial charge < -0.3 is 10.2 Å². The zero-order valence-electron chi connectivity index (χ0n) is 13.0. The molecule has 22 heavy (non-hydrogen) atoms. The van der Waals surface area contributed by atoms with Gasteiger partial charge in [0.2, 0.25) is 0 Å². The Kier molecular flexibility index (Phi) is 4.06. The second-order valence-electron chi connectivity index (χ2n) is 5.40. The Morgan fingerprint density at radius 2 is 2.23 bits per heavy atom. The summed E-state index contributed by atoms with van der Waals surface area (Å²) in [6.45, 7) is 4.51. The zero-order chi connectivity index (χ0) is 15.7. The molecule has 1 aliphatic rings. The first kappa shape index (κ1) is 14.9.